The number of thiol groups is 1. The van der Waals surface area contributed by atoms with Gasteiger partial charge >= 0.3 is 0 Å². The van der Waals surface area contributed by atoms with Crippen LogP contribution in [0.5, 0.6) is 5.75 Å². The summed E-state index contributed by atoms with van der Waals surface area (Å²) in [5, 5.41) is 3.29. The van der Waals surface area contributed by atoms with Crippen molar-refractivity contribution in [1.82, 2.24) is 15.1 Å². The van der Waals surface area contributed by atoms with Crippen molar-refractivity contribution in [1.29, 1.82) is 0 Å². The molecule has 194 valence electrons. The van der Waals surface area contributed by atoms with Gasteiger partial charge in [0.1, 0.15) is 11.6 Å². The predicted molar refractivity (Wildman–Crippen MR) is 145 cm³/mol. The number of para-hydroxylation sites is 1. The van der Waals surface area contributed by atoms with E-state index in [0.29, 0.717) is 37.9 Å². The van der Waals surface area contributed by atoms with E-state index in [9.17, 15) is 14.0 Å². The maximum absolute atomic E-state index is 14.3. The summed E-state index contributed by atoms with van der Waals surface area (Å²) in [5.41, 5.74) is 0.984. The van der Waals surface area contributed by atoms with E-state index in [4.69, 9.17) is 4.74 Å². The summed E-state index contributed by atoms with van der Waals surface area (Å²) >= 11 is 3.93. The van der Waals surface area contributed by atoms with Gasteiger partial charge in [-0.3, -0.25) is 14.9 Å². The number of methoxy groups -OCH3 is 1. The first-order valence-corrected chi connectivity index (χ1v) is 12.8. The zero-order chi connectivity index (χ0) is 26.3. The number of nitrogens with zero attached hydrogens (tertiary/aromatic N) is 2. The first kappa shape index (κ1) is 26.7. The zero-order valence-corrected chi connectivity index (χ0v) is 21.7. The van der Waals surface area contributed by atoms with Crippen LogP contribution < -0.4 is 10.1 Å². The fraction of sp³-hybridized carbons (Fsp3) is 0.310. The second-order valence-electron chi connectivity index (χ2n) is 9.22. The molecule has 3 aromatic carbocycles. The standard InChI is InChI=1S/C22H24FN3O2S.C7H8O/c23-18-9-5-4-8-17(18)15-26-20(27)19(14-16-6-2-1-3-7-16)24-22(26)10-12-25(13-11-22)21(28)29;1-8-7-5-3-2-4-6-7/h1-9,19,24H,10-15H2,(H,28,29);2-6H,1H3. The van der Waals surface area contributed by atoms with Crippen LogP contribution in [0.2, 0.25) is 0 Å². The number of halogens is 1. The molecule has 0 aliphatic carbocycles. The minimum absolute atomic E-state index is 0.0252. The van der Waals surface area contributed by atoms with Gasteiger partial charge in [0.05, 0.1) is 25.4 Å². The summed E-state index contributed by atoms with van der Waals surface area (Å²) in [6.07, 6.45) is 1.75. The van der Waals surface area contributed by atoms with E-state index in [1.54, 1.807) is 35.1 Å². The minimum Gasteiger partial charge on any atom is -0.497 e. The molecule has 1 unspecified atom stereocenters. The Balaban J connectivity index is 0.000000342. The number of ether oxygens (including phenoxy) is 1. The van der Waals surface area contributed by atoms with Gasteiger partial charge in [-0.15, -0.1) is 0 Å². The first-order chi connectivity index (χ1) is 17.9. The smallest absolute Gasteiger partial charge is 0.278 e. The topological polar surface area (TPSA) is 61.9 Å². The number of likely N-dealkylation sites (tertiary alicyclic amines) is 1. The molecule has 1 atom stereocenters. The number of carbonyl (C=O) groups is 2. The normalized spacial score (nSPS) is 18.4. The third kappa shape index (κ3) is 6.50. The molecule has 1 spiro atoms. The summed E-state index contributed by atoms with van der Waals surface area (Å²) < 4.78 is 19.2. The molecule has 1 N–H and O–H groups in total. The van der Waals surface area contributed by atoms with Crippen LogP contribution in [0.3, 0.4) is 0 Å². The molecular weight excluding hydrogens is 489 g/mol. The molecule has 2 fully saturated rings. The lowest BCUT2D eigenvalue weighted by atomic mass is 9.95. The maximum Gasteiger partial charge on any atom is 0.278 e. The average Bonchev–Trinajstić information content (AvgIpc) is 3.16. The van der Waals surface area contributed by atoms with E-state index in [1.807, 2.05) is 60.7 Å². The Morgan fingerprint density at radius 3 is 2.16 bits per heavy atom. The Morgan fingerprint density at radius 1 is 1.00 bits per heavy atom. The van der Waals surface area contributed by atoms with Crippen LogP contribution in [0.1, 0.15) is 24.0 Å². The molecule has 6 nitrogen and oxygen atoms in total. The van der Waals surface area contributed by atoms with Crippen molar-refractivity contribution in [3.8, 4) is 5.75 Å². The van der Waals surface area contributed by atoms with Crippen molar-refractivity contribution < 1.29 is 18.7 Å². The maximum atomic E-state index is 14.3. The Labute approximate surface area is 222 Å². The van der Waals surface area contributed by atoms with Gasteiger partial charge in [-0.05, 0) is 30.2 Å². The number of amides is 2. The van der Waals surface area contributed by atoms with E-state index in [0.717, 1.165) is 11.3 Å². The molecule has 3 aromatic rings. The van der Waals surface area contributed by atoms with E-state index in [-0.39, 0.29) is 29.6 Å². The van der Waals surface area contributed by atoms with Gasteiger partial charge in [-0.1, -0.05) is 79.4 Å². The number of carbonyl (C=O) groups excluding carboxylic acids is 2. The summed E-state index contributed by atoms with van der Waals surface area (Å²) in [6.45, 7) is 1.22. The average molecular weight is 522 g/mol. The number of benzene rings is 3. The van der Waals surface area contributed by atoms with E-state index in [1.165, 1.54) is 6.07 Å². The Morgan fingerprint density at radius 2 is 1.59 bits per heavy atom. The zero-order valence-electron chi connectivity index (χ0n) is 20.8. The molecule has 0 aromatic heterocycles. The summed E-state index contributed by atoms with van der Waals surface area (Å²) in [5.74, 6) is 0.570. The lowest BCUT2D eigenvalue weighted by molar-refractivity contribution is -0.134. The highest BCUT2D eigenvalue weighted by atomic mass is 32.1. The van der Waals surface area contributed by atoms with E-state index < -0.39 is 5.66 Å². The number of rotatable bonds is 5. The molecular formula is C29H32FN3O3S. The molecule has 0 bridgehead atoms. The third-order valence-corrected chi connectivity index (χ3v) is 7.22. The molecule has 37 heavy (non-hydrogen) atoms. The van der Waals surface area contributed by atoms with Crippen molar-refractivity contribution in [3.05, 3.63) is 102 Å². The van der Waals surface area contributed by atoms with Crippen LogP contribution >= 0.6 is 12.6 Å². The van der Waals surface area contributed by atoms with E-state index in [2.05, 4.69) is 17.9 Å². The van der Waals surface area contributed by atoms with Crippen molar-refractivity contribution in [3.63, 3.8) is 0 Å². The quantitative estimate of drug-likeness (QED) is 0.469. The van der Waals surface area contributed by atoms with Crippen LogP contribution in [0, 0.1) is 5.82 Å². The van der Waals surface area contributed by atoms with Gasteiger partial charge < -0.3 is 14.5 Å². The van der Waals surface area contributed by atoms with Crippen LogP contribution in [0.15, 0.2) is 84.9 Å². The highest BCUT2D eigenvalue weighted by Gasteiger charge is 2.51. The van der Waals surface area contributed by atoms with Gasteiger partial charge in [0.2, 0.25) is 5.91 Å². The monoisotopic (exact) mass is 521 g/mol. The number of piperidine rings is 1. The lowest BCUT2D eigenvalue weighted by Crippen LogP contribution is -2.59. The van der Waals surface area contributed by atoms with Crippen molar-refractivity contribution in [2.75, 3.05) is 20.2 Å². The molecule has 2 aliphatic rings. The lowest BCUT2D eigenvalue weighted by Gasteiger charge is -2.44. The minimum atomic E-state index is -0.585. The van der Waals surface area contributed by atoms with Gasteiger partial charge in [0.15, 0.2) is 0 Å². The molecule has 2 heterocycles. The molecule has 2 amide bonds. The molecule has 2 aliphatic heterocycles. The second-order valence-corrected chi connectivity index (χ2v) is 9.60. The fourth-order valence-electron chi connectivity index (χ4n) is 4.92. The highest BCUT2D eigenvalue weighted by Crippen LogP contribution is 2.35. The molecule has 5 rings (SSSR count). The Hall–Kier alpha value is -3.36. The van der Waals surface area contributed by atoms with Crippen LogP contribution in [0.25, 0.3) is 0 Å². The summed E-state index contributed by atoms with van der Waals surface area (Å²) in [4.78, 5) is 28.4. The molecule has 8 heteroatoms. The van der Waals surface area contributed by atoms with Gasteiger partial charge in [-0.2, -0.15) is 0 Å². The van der Waals surface area contributed by atoms with E-state index >= 15 is 0 Å². The number of hydrogen-bond acceptors (Lipinski definition) is 4. The summed E-state index contributed by atoms with van der Waals surface area (Å²) in [6, 6.07) is 25.7. The molecule has 2 saturated heterocycles. The van der Waals surface area contributed by atoms with Crippen molar-refractivity contribution in [2.24, 2.45) is 0 Å². The van der Waals surface area contributed by atoms with Crippen LogP contribution in [-0.4, -0.2) is 52.9 Å². The fourth-order valence-corrected chi connectivity index (χ4v) is 5.12. The predicted octanol–water partition coefficient (Wildman–Crippen LogP) is 4.91. The van der Waals surface area contributed by atoms with Crippen LogP contribution in [-0.2, 0) is 17.8 Å². The van der Waals surface area contributed by atoms with Crippen molar-refractivity contribution in [2.45, 2.75) is 37.5 Å². The van der Waals surface area contributed by atoms with Crippen LogP contribution in [0.4, 0.5) is 9.18 Å². The Kier molecular flexibility index (Phi) is 8.84. The number of nitrogens with one attached hydrogen (secondary N) is 1. The van der Waals surface area contributed by atoms with Gasteiger partial charge in [0.25, 0.3) is 5.24 Å². The summed E-state index contributed by atoms with van der Waals surface area (Å²) in [7, 11) is 1.66. The first-order valence-electron chi connectivity index (χ1n) is 12.4. The Bertz CT molecular complexity index is 1190. The van der Waals surface area contributed by atoms with Gasteiger partial charge in [-0.25, -0.2) is 4.39 Å². The SMILES string of the molecule is COc1ccccc1.O=C(S)N1CCC2(CC1)NC(Cc1ccccc1)C(=O)N2Cc1ccccc1F. The highest BCUT2D eigenvalue weighted by molar-refractivity contribution is 7.96. The second kappa shape index (κ2) is 12.3. The van der Waals surface area contributed by atoms with Crippen molar-refractivity contribution >= 4 is 23.8 Å². The third-order valence-electron chi connectivity index (χ3n) is 6.93. The largest absolute Gasteiger partial charge is 0.497 e. The molecule has 0 saturated carbocycles. The van der Waals surface area contributed by atoms with Gasteiger partial charge in [0, 0.05) is 31.5 Å². The molecule has 0 radical (unpaired) electrons. The number of hydrogen-bond donors (Lipinski definition) is 2.